The van der Waals surface area contributed by atoms with Crippen molar-refractivity contribution >= 4 is 0 Å². The van der Waals surface area contributed by atoms with Crippen LogP contribution in [0.5, 0.6) is 0 Å². The molecule has 8 fully saturated rings. The Hall–Kier alpha value is -0.300. The summed E-state index contributed by atoms with van der Waals surface area (Å²) in [6, 6.07) is 0. The molecule has 170 valence electrons. The van der Waals surface area contributed by atoms with Crippen molar-refractivity contribution in [2.24, 2.45) is 68.5 Å². The Kier molecular flexibility index (Phi) is 3.10. The minimum absolute atomic E-state index is 0.400. The number of allylic oxidation sites excluding steroid dienone is 1. The summed E-state index contributed by atoms with van der Waals surface area (Å²) >= 11 is 0. The highest BCUT2D eigenvalue weighted by molar-refractivity contribution is 5.32. The normalized spacial score (nSPS) is 68.1. The summed E-state index contributed by atoms with van der Waals surface area (Å²) < 4.78 is 6.85. The van der Waals surface area contributed by atoms with Gasteiger partial charge in [0.25, 0.3) is 0 Å². The topological polar surface area (TPSA) is 9.23 Å². The summed E-state index contributed by atoms with van der Waals surface area (Å²) in [5.41, 5.74) is 4.45. The van der Waals surface area contributed by atoms with Gasteiger partial charge in [0.1, 0.15) is 0 Å². The van der Waals surface area contributed by atoms with E-state index in [0.29, 0.717) is 33.9 Å². The molecule has 0 amide bonds. The van der Waals surface area contributed by atoms with Crippen molar-refractivity contribution in [1.29, 1.82) is 0 Å². The highest BCUT2D eigenvalue weighted by Gasteiger charge is 2.83. The van der Waals surface area contributed by atoms with Crippen molar-refractivity contribution in [1.82, 2.24) is 0 Å². The monoisotopic (exact) mass is 420 g/mol. The van der Waals surface area contributed by atoms with E-state index < -0.39 is 0 Å². The van der Waals surface area contributed by atoms with Gasteiger partial charge in [0.2, 0.25) is 0 Å². The van der Waals surface area contributed by atoms with E-state index in [1.807, 2.05) is 0 Å². The van der Waals surface area contributed by atoms with E-state index in [1.54, 1.807) is 19.3 Å². The summed E-state index contributed by atoms with van der Waals surface area (Å²) in [6.07, 6.45) is 14.5. The Balaban J connectivity index is 1.20. The van der Waals surface area contributed by atoms with Gasteiger partial charge < -0.3 is 4.74 Å². The van der Waals surface area contributed by atoms with Gasteiger partial charge in [0.15, 0.2) is 0 Å². The van der Waals surface area contributed by atoms with Crippen molar-refractivity contribution in [3.63, 3.8) is 0 Å². The molecule has 0 unspecified atom stereocenters. The second kappa shape index (κ2) is 5.04. The van der Waals surface area contributed by atoms with Gasteiger partial charge >= 0.3 is 0 Å². The maximum Gasteiger partial charge on any atom is 0.0633 e. The number of ether oxygens (including phenoxy) is 1. The third-order valence-electron chi connectivity index (χ3n) is 14.5. The molecular formula is C30H44O. The number of hydrogen-bond acceptors (Lipinski definition) is 1. The molecule has 1 aliphatic heterocycles. The molecule has 7 saturated carbocycles. The van der Waals surface area contributed by atoms with Crippen molar-refractivity contribution in [3.8, 4) is 0 Å². The molecule has 8 aliphatic rings. The SMILES string of the molecule is C=C(C)[C@H]1C[C@@H]2C[C@@]23C[C@]2(C)[C@@H](C[C@@H]13)C[C@]1(C)[C@H]3CC[C@H]4O[C@@H](C[C@]15C[C@H]25)[C@@H]3C4(C)C. The molecule has 0 N–H and O–H groups in total. The van der Waals surface area contributed by atoms with Crippen LogP contribution in [0, 0.1) is 68.5 Å². The fourth-order valence-electron chi connectivity index (χ4n) is 13.1. The van der Waals surface area contributed by atoms with E-state index in [0.717, 1.165) is 46.8 Å². The molecule has 1 nitrogen and oxygen atoms in total. The Bertz CT molecular complexity index is 902. The van der Waals surface area contributed by atoms with Crippen LogP contribution in [-0.2, 0) is 4.74 Å². The van der Waals surface area contributed by atoms with E-state index in [2.05, 4.69) is 41.2 Å². The van der Waals surface area contributed by atoms with E-state index in [-0.39, 0.29) is 0 Å². The van der Waals surface area contributed by atoms with Crippen molar-refractivity contribution in [2.75, 3.05) is 0 Å². The van der Waals surface area contributed by atoms with Crippen molar-refractivity contribution < 1.29 is 4.74 Å². The van der Waals surface area contributed by atoms with Gasteiger partial charge in [-0.25, -0.2) is 0 Å². The highest BCUT2D eigenvalue weighted by atomic mass is 16.5. The molecule has 1 heteroatoms. The molecule has 0 aromatic rings. The first-order valence-electron chi connectivity index (χ1n) is 13.9. The van der Waals surface area contributed by atoms with Gasteiger partial charge in [-0.1, -0.05) is 39.8 Å². The predicted molar refractivity (Wildman–Crippen MR) is 124 cm³/mol. The average Bonchev–Trinajstić information content (AvgIpc) is 3.54. The second-order valence-corrected chi connectivity index (χ2v) is 15.5. The zero-order chi connectivity index (χ0) is 21.3. The Morgan fingerprint density at radius 2 is 1.71 bits per heavy atom. The summed E-state index contributed by atoms with van der Waals surface area (Å²) in [7, 11) is 0. The summed E-state index contributed by atoms with van der Waals surface area (Å²) in [5, 5.41) is 0. The standard InChI is InChI=1S/C30H44O/c1-16(2)19-9-18-12-29(18)15-27(5)17(10-21(19)29)11-28(6)20-7-8-24-26(3,4)25(20)22(31-24)13-30(28)14-23(27)30/h17-25H,1,7-15H2,2-6H3/t17-,18+,19+,20-,21-,22-,23+,24+,25+,27+,28+,29+,30+/m0/s1. The Morgan fingerprint density at radius 1 is 0.903 bits per heavy atom. The highest BCUT2D eigenvalue weighted by Crippen LogP contribution is 2.89. The minimum Gasteiger partial charge on any atom is -0.374 e. The fraction of sp³-hybridized carbons (Fsp3) is 0.933. The van der Waals surface area contributed by atoms with Crippen molar-refractivity contribution in [2.45, 2.75) is 105 Å². The van der Waals surface area contributed by atoms with Gasteiger partial charge in [-0.2, -0.15) is 0 Å². The molecule has 0 radical (unpaired) electrons. The lowest BCUT2D eigenvalue weighted by molar-refractivity contribution is -0.167. The second-order valence-electron chi connectivity index (χ2n) is 15.5. The van der Waals surface area contributed by atoms with E-state index in [4.69, 9.17) is 4.74 Å². The van der Waals surface area contributed by atoms with Crippen LogP contribution in [0.2, 0.25) is 0 Å². The first-order chi connectivity index (χ1) is 14.6. The lowest BCUT2D eigenvalue weighted by atomic mass is 9.39. The average molecular weight is 421 g/mol. The fourth-order valence-corrected chi connectivity index (χ4v) is 13.1. The molecule has 31 heavy (non-hydrogen) atoms. The molecule has 0 aromatic heterocycles. The van der Waals surface area contributed by atoms with Crippen LogP contribution in [0.1, 0.15) is 92.4 Å². The summed E-state index contributed by atoms with van der Waals surface area (Å²) in [6.45, 7) is 17.5. The zero-order valence-electron chi connectivity index (χ0n) is 20.7. The van der Waals surface area contributed by atoms with Crippen molar-refractivity contribution in [3.05, 3.63) is 12.2 Å². The molecule has 7 aliphatic carbocycles. The first-order valence-corrected chi connectivity index (χ1v) is 13.9. The Morgan fingerprint density at radius 3 is 2.48 bits per heavy atom. The van der Waals surface area contributed by atoms with Gasteiger partial charge in [-0.05, 0) is 133 Å². The van der Waals surface area contributed by atoms with Crippen LogP contribution in [0.15, 0.2) is 12.2 Å². The molecule has 1 heterocycles. The van der Waals surface area contributed by atoms with E-state index in [1.165, 1.54) is 44.1 Å². The van der Waals surface area contributed by atoms with Crippen LogP contribution < -0.4 is 0 Å². The smallest absolute Gasteiger partial charge is 0.0633 e. The van der Waals surface area contributed by atoms with Gasteiger partial charge in [0, 0.05) is 0 Å². The van der Waals surface area contributed by atoms with E-state index in [9.17, 15) is 0 Å². The predicted octanol–water partition coefficient (Wildman–Crippen LogP) is 7.26. The molecular weight excluding hydrogens is 376 g/mol. The Labute approximate surface area is 190 Å². The quantitative estimate of drug-likeness (QED) is 0.406. The van der Waals surface area contributed by atoms with E-state index >= 15 is 0 Å². The van der Waals surface area contributed by atoms with Gasteiger partial charge in [-0.15, -0.1) is 0 Å². The number of rotatable bonds is 1. The maximum atomic E-state index is 6.85. The lowest BCUT2D eigenvalue weighted by Gasteiger charge is -2.65. The number of hydrogen-bond donors (Lipinski definition) is 0. The molecule has 13 atom stereocenters. The van der Waals surface area contributed by atoms with Crippen LogP contribution >= 0.6 is 0 Å². The van der Waals surface area contributed by atoms with Crippen LogP contribution in [0.4, 0.5) is 0 Å². The third kappa shape index (κ3) is 1.83. The molecule has 8 rings (SSSR count). The van der Waals surface area contributed by atoms with Crippen LogP contribution in [0.25, 0.3) is 0 Å². The van der Waals surface area contributed by atoms with Crippen LogP contribution in [-0.4, -0.2) is 12.2 Å². The van der Waals surface area contributed by atoms with Gasteiger partial charge in [-0.3, -0.25) is 0 Å². The molecule has 1 saturated heterocycles. The zero-order valence-corrected chi connectivity index (χ0v) is 20.7. The third-order valence-corrected chi connectivity index (χ3v) is 14.5. The molecule has 2 bridgehead atoms. The maximum absolute atomic E-state index is 6.85. The van der Waals surface area contributed by atoms with Gasteiger partial charge in [0.05, 0.1) is 12.2 Å². The summed E-state index contributed by atoms with van der Waals surface area (Å²) in [4.78, 5) is 0. The molecule has 2 spiro atoms. The van der Waals surface area contributed by atoms with Crippen LogP contribution in [0.3, 0.4) is 0 Å². The molecule has 0 aromatic carbocycles. The lowest BCUT2D eigenvalue weighted by Crippen LogP contribution is -2.60. The number of fused-ring (bicyclic) bond motifs is 4. The largest absolute Gasteiger partial charge is 0.374 e. The minimum atomic E-state index is 0.400. The first kappa shape index (κ1) is 19.1. The summed E-state index contributed by atoms with van der Waals surface area (Å²) in [5.74, 6) is 6.57.